The highest BCUT2D eigenvalue weighted by atomic mass is 35.5. The molecule has 6 heteroatoms. The molecule has 3 nitrogen and oxygen atoms in total. The summed E-state index contributed by atoms with van der Waals surface area (Å²) in [6.45, 7) is 0. The predicted octanol–water partition coefficient (Wildman–Crippen LogP) is 2.64. The highest BCUT2D eigenvalue weighted by molar-refractivity contribution is 7.98. The second kappa shape index (κ2) is 6.35. The maximum atomic E-state index is 10.5. The Balaban J connectivity index is 2.46. The quantitative estimate of drug-likeness (QED) is 0.870. The van der Waals surface area contributed by atoms with Gasteiger partial charge < -0.3 is 10.8 Å². The largest absolute Gasteiger partial charge is 0.480 e. The fourth-order valence-electron chi connectivity index (χ4n) is 1.01. The monoisotopic (exact) mass is 279 g/mol. The van der Waals surface area contributed by atoms with Gasteiger partial charge in [-0.05, 0) is 17.7 Å². The number of thioether (sulfide) groups is 1. The van der Waals surface area contributed by atoms with Gasteiger partial charge in [-0.25, -0.2) is 0 Å². The maximum Gasteiger partial charge on any atom is 0.321 e. The van der Waals surface area contributed by atoms with Crippen molar-refractivity contribution in [3.63, 3.8) is 0 Å². The number of halogens is 2. The van der Waals surface area contributed by atoms with Gasteiger partial charge in [-0.15, -0.1) is 0 Å². The molecule has 0 radical (unpaired) electrons. The van der Waals surface area contributed by atoms with Crippen LogP contribution in [0.5, 0.6) is 0 Å². The molecule has 0 bridgehead atoms. The Morgan fingerprint density at radius 3 is 2.75 bits per heavy atom. The zero-order valence-electron chi connectivity index (χ0n) is 8.32. The van der Waals surface area contributed by atoms with E-state index in [9.17, 15) is 4.79 Å². The normalized spacial score (nSPS) is 12.4. The Morgan fingerprint density at radius 1 is 1.50 bits per heavy atom. The molecule has 1 unspecified atom stereocenters. The van der Waals surface area contributed by atoms with Crippen LogP contribution in [0, 0.1) is 0 Å². The van der Waals surface area contributed by atoms with E-state index in [1.807, 2.05) is 6.07 Å². The smallest absolute Gasteiger partial charge is 0.321 e. The van der Waals surface area contributed by atoms with E-state index in [2.05, 4.69) is 0 Å². The Labute approximate surface area is 108 Å². The van der Waals surface area contributed by atoms with E-state index < -0.39 is 12.0 Å². The van der Waals surface area contributed by atoms with Gasteiger partial charge in [0, 0.05) is 21.6 Å². The van der Waals surface area contributed by atoms with Crippen LogP contribution in [-0.4, -0.2) is 22.9 Å². The first kappa shape index (κ1) is 13.6. The molecule has 0 heterocycles. The standard InChI is InChI=1S/C10H11Cl2NO2S/c11-7-2-1-6(8(12)3-7)4-16-5-9(13)10(14)15/h1-3,9H,4-5,13H2,(H,14,15). The zero-order valence-corrected chi connectivity index (χ0v) is 10.6. The molecule has 0 aliphatic rings. The maximum absolute atomic E-state index is 10.5. The van der Waals surface area contributed by atoms with Crippen LogP contribution in [0.4, 0.5) is 0 Å². The molecule has 0 aliphatic heterocycles. The molecule has 0 saturated carbocycles. The van der Waals surface area contributed by atoms with E-state index in [1.54, 1.807) is 12.1 Å². The van der Waals surface area contributed by atoms with Crippen LogP contribution in [0.15, 0.2) is 18.2 Å². The van der Waals surface area contributed by atoms with E-state index in [1.165, 1.54) is 11.8 Å². The van der Waals surface area contributed by atoms with E-state index in [4.69, 9.17) is 34.0 Å². The molecule has 0 aliphatic carbocycles. The molecule has 0 saturated heterocycles. The molecule has 0 spiro atoms. The SMILES string of the molecule is NC(CSCc1ccc(Cl)cc1Cl)C(=O)O. The van der Waals surface area contributed by atoms with Crippen molar-refractivity contribution < 1.29 is 9.90 Å². The van der Waals surface area contributed by atoms with E-state index >= 15 is 0 Å². The summed E-state index contributed by atoms with van der Waals surface area (Å²) >= 11 is 13.1. The lowest BCUT2D eigenvalue weighted by Gasteiger charge is -2.07. The number of hydrogen-bond donors (Lipinski definition) is 2. The second-order valence-electron chi connectivity index (χ2n) is 3.20. The number of nitrogens with two attached hydrogens (primary N) is 1. The summed E-state index contributed by atoms with van der Waals surface area (Å²) < 4.78 is 0. The van der Waals surface area contributed by atoms with Crippen LogP contribution in [0.2, 0.25) is 10.0 Å². The van der Waals surface area contributed by atoms with Gasteiger partial charge in [0.1, 0.15) is 6.04 Å². The molecule has 1 atom stereocenters. The second-order valence-corrected chi connectivity index (χ2v) is 5.07. The lowest BCUT2D eigenvalue weighted by Crippen LogP contribution is -2.32. The summed E-state index contributed by atoms with van der Waals surface area (Å²) in [5, 5.41) is 9.76. The van der Waals surface area contributed by atoms with Crippen LogP contribution in [0.25, 0.3) is 0 Å². The molecule has 1 aromatic carbocycles. The Hall–Kier alpha value is -0.420. The molecule has 3 N–H and O–H groups in total. The van der Waals surface area contributed by atoms with Crippen molar-refractivity contribution in [2.75, 3.05) is 5.75 Å². The fraction of sp³-hybridized carbons (Fsp3) is 0.300. The van der Waals surface area contributed by atoms with Gasteiger partial charge in [0.25, 0.3) is 0 Å². The molecule has 16 heavy (non-hydrogen) atoms. The average molecular weight is 280 g/mol. The van der Waals surface area contributed by atoms with Gasteiger partial charge in [-0.1, -0.05) is 29.3 Å². The number of rotatable bonds is 5. The van der Waals surface area contributed by atoms with Crippen molar-refractivity contribution in [1.82, 2.24) is 0 Å². The first-order chi connectivity index (χ1) is 7.50. The predicted molar refractivity (Wildman–Crippen MR) is 68.2 cm³/mol. The molecular weight excluding hydrogens is 269 g/mol. The van der Waals surface area contributed by atoms with Crippen LogP contribution >= 0.6 is 35.0 Å². The van der Waals surface area contributed by atoms with Crippen LogP contribution in [0.3, 0.4) is 0 Å². The summed E-state index contributed by atoms with van der Waals surface area (Å²) in [7, 11) is 0. The molecule has 0 aromatic heterocycles. The number of carboxylic acids is 1. The molecule has 1 aromatic rings. The summed E-state index contributed by atoms with van der Waals surface area (Å²) in [4.78, 5) is 10.5. The van der Waals surface area contributed by atoms with Gasteiger partial charge >= 0.3 is 5.97 Å². The molecule has 1 rings (SSSR count). The molecule has 0 amide bonds. The van der Waals surface area contributed by atoms with Crippen molar-refractivity contribution in [3.8, 4) is 0 Å². The van der Waals surface area contributed by atoms with Crippen molar-refractivity contribution in [2.24, 2.45) is 5.73 Å². The number of hydrogen-bond acceptors (Lipinski definition) is 3. The van der Waals surface area contributed by atoms with E-state index in [0.29, 0.717) is 21.6 Å². The number of aliphatic carboxylic acids is 1. The Morgan fingerprint density at radius 2 is 2.19 bits per heavy atom. The third-order valence-electron chi connectivity index (χ3n) is 1.89. The number of carbonyl (C=O) groups is 1. The van der Waals surface area contributed by atoms with Gasteiger partial charge in [-0.2, -0.15) is 11.8 Å². The Kier molecular flexibility index (Phi) is 5.41. The van der Waals surface area contributed by atoms with Crippen molar-refractivity contribution in [2.45, 2.75) is 11.8 Å². The minimum atomic E-state index is -0.991. The zero-order chi connectivity index (χ0) is 12.1. The summed E-state index contributed by atoms with van der Waals surface area (Å²) in [5.74, 6) is -0.0136. The van der Waals surface area contributed by atoms with Crippen LogP contribution < -0.4 is 5.73 Å². The summed E-state index contributed by atoms with van der Waals surface area (Å²) in [6, 6.07) is 4.40. The Bertz CT molecular complexity index is 387. The van der Waals surface area contributed by atoms with Crippen molar-refractivity contribution >= 4 is 40.9 Å². The first-order valence-electron chi connectivity index (χ1n) is 4.50. The van der Waals surface area contributed by atoms with Crippen molar-refractivity contribution in [1.29, 1.82) is 0 Å². The molecular formula is C10H11Cl2NO2S. The topological polar surface area (TPSA) is 63.3 Å². The van der Waals surface area contributed by atoms with Gasteiger partial charge in [0.15, 0.2) is 0 Å². The average Bonchev–Trinajstić information content (AvgIpc) is 2.20. The van der Waals surface area contributed by atoms with Crippen LogP contribution in [0.1, 0.15) is 5.56 Å². The highest BCUT2D eigenvalue weighted by Gasteiger charge is 2.11. The highest BCUT2D eigenvalue weighted by Crippen LogP contribution is 2.24. The lowest BCUT2D eigenvalue weighted by molar-refractivity contribution is -0.137. The van der Waals surface area contributed by atoms with Crippen molar-refractivity contribution in [3.05, 3.63) is 33.8 Å². The van der Waals surface area contributed by atoms with Gasteiger partial charge in [-0.3, -0.25) is 4.79 Å². The minimum absolute atomic E-state index is 0.355. The third kappa shape index (κ3) is 4.22. The van der Waals surface area contributed by atoms with E-state index in [0.717, 1.165) is 5.56 Å². The summed E-state index contributed by atoms with van der Waals surface area (Å²) in [6.07, 6.45) is 0. The summed E-state index contributed by atoms with van der Waals surface area (Å²) in [5.41, 5.74) is 6.29. The molecule has 88 valence electrons. The van der Waals surface area contributed by atoms with Crippen LogP contribution in [-0.2, 0) is 10.5 Å². The van der Waals surface area contributed by atoms with Gasteiger partial charge in [0.05, 0.1) is 0 Å². The minimum Gasteiger partial charge on any atom is -0.480 e. The van der Waals surface area contributed by atoms with E-state index in [-0.39, 0.29) is 0 Å². The number of carboxylic acid groups (broad SMARTS) is 1. The lowest BCUT2D eigenvalue weighted by atomic mass is 10.2. The third-order valence-corrected chi connectivity index (χ3v) is 3.58. The van der Waals surface area contributed by atoms with Gasteiger partial charge in [0.2, 0.25) is 0 Å². The number of benzene rings is 1. The molecule has 0 fully saturated rings. The fourth-order valence-corrected chi connectivity index (χ4v) is 2.55. The first-order valence-corrected chi connectivity index (χ1v) is 6.42.